The van der Waals surface area contributed by atoms with Gasteiger partial charge in [-0.05, 0) is 18.2 Å². The van der Waals surface area contributed by atoms with E-state index in [9.17, 15) is 0 Å². The minimum Gasteiger partial charge on any atom is -0.496 e. The highest BCUT2D eigenvalue weighted by atomic mass is 16.5. The Labute approximate surface area is 105 Å². The van der Waals surface area contributed by atoms with Crippen molar-refractivity contribution in [1.82, 2.24) is 0 Å². The van der Waals surface area contributed by atoms with Crippen molar-refractivity contribution in [1.29, 1.82) is 0 Å². The van der Waals surface area contributed by atoms with Gasteiger partial charge in [0.1, 0.15) is 11.5 Å². The molecule has 0 saturated carbocycles. The Balaban J connectivity index is 2.46. The van der Waals surface area contributed by atoms with Crippen molar-refractivity contribution in [3.63, 3.8) is 0 Å². The van der Waals surface area contributed by atoms with E-state index in [1.165, 1.54) is 0 Å². The minimum atomic E-state index is 0.851. The first-order valence-electron chi connectivity index (χ1n) is 5.78. The van der Waals surface area contributed by atoms with Crippen LogP contribution in [-0.4, -0.2) is 14.2 Å². The molecular formula is C15H14NO2+. The number of methoxy groups -OCH3 is 2. The monoisotopic (exact) mass is 240 g/mol. The molecule has 0 unspecified atom stereocenters. The van der Waals surface area contributed by atoms with Crippen molar-refractivity contribution < 1.29 is 13.9 Å². The Morgan fingerprint density at radius 1 is 0.889 bits per heavy atom. The van der Waals surface area contributed by atoms with Crippen molar-refractivity contribution >= 4 is 16.3 Å². The molecule has 0 N–H and O–H groups in total. The second-order valence-electron chi connectivity index (χ2n) is 4.10. The van der Waals surface area contributed by atoms with Crippen LogP contribution in [0.5, 0.6) is 11.5 Å². The predicted octanol–water partition coefficient (Wildman–Crippen LogP) is 2.60. The predicted molar refractivity (Wildman–Crippen MR) is 70.2 cm³/mol. The number of hydrogen-bond acceptors (Lipinski definition) is 2. The Bertz CT molecular complexity index is 660. The summed E-state index contributed by atoms with van der Waals surface area (Å²) in [6, 6.07) is 12.1. The summed E-state index contributed by atoms with van der Waals surface area (Å²) >= 11 is 0. The first-order chi connectivity index (χ1) is 8.83. The molecule has 0 fully saturated rings. The number of aromatic nitrogens is 1. The highest BCUT2D eigenvalue weighted by molar-refractivity contribution is 5.94. The molecule has 3 heteroatoms. The summed E-state index contributed by atoms with van der Waals surface area (Å²) in [4.78, 5) is 0. The first-order valence-corrected chi connectivity index (χ1v) is 5.78. The fourth-order valence-electron chi connectivity index (χ4n) is 2.23. The minimum absolute atomic E-state index is 0.851. The van der Waals surface area contributed by atoms with Crippen molar-refractivity contribution in [3.05, 3.63) is 48.8 Å². The zero-order valence-corrected chi connectivity index (χ0v) is 10.4. The molecule has 0 amide bonds. The molecule has 2 heterocycles. The van der Waals surface area contributed by atoms with Crippen molar-refractivity contribution in [2.75, 3.05) is 14.2 Å². The van der Waals surface area contributed by atoms with Crippen LogP contribution in [0.2, 0.25) is 0 Å². The van der Waals surface area contributed by atoms with Crippen LogP contribution in [0.25, 0.3) is 16.3 Å². The first kappa shape index (κ1) is 10.8. The van der Waals surface area contributed by atoms with Gasteiger partial charge in [0.15, 0.2) is 12.4 Å². The van der Waals surface area contributed by atoms with Crippen molar-refractivity contribution in [2.45, 2.75) is 0 Å². The quantitative estimate of drug-likeness (QED) is 0.507. The summed E-state index contributed by atoms with van der Waals surface area (Å²) in [5.74, 6) is 1.71. The van der Waals surface area contributed by atoms with Crippen LogP contribution < -0.4 is 13.9 Å². The Kier molecular flexibility index (Phi) is 2.52. The van der Waals surface area contributed by atoms with E-state index in [4.69, 9.17) is 9.47 Å². The van der Waals surface area contributed by atoms with E-state index in [2.05, 4.69) is 22.7 Å². The zero-order chi connectivity index (χ0) is 12.5. The molecule has 0 radical (unpaired) electrons. The number of nitrogens with zero attached hydrogens (tertiary/aromatic N) is 1. The molecule has 18 heavy (non-hydrogen) atoms. The Hall–Kier alpha value is -2.29. The van der Waals surface area contributed by atoms with Gasteiger partial charge < -0.3 is 9.47 Å². The normalized spacial score (nSPS) is 10.8. The Morgan fingerprint density at radius 2 is 1.61 bits per heavy atom. The molecule has 2 aromatic heterocycles. The van der Waals surface area contributed by atoms with Crippen LogP contribution in [0.1, 0.15) is 0 Å². The molecule has 3 rings (SSSR count). The molecule has 0 aliphatic rings. The van der Waals surface area contributed by atoms with E-state index in [0.717, 1.165) is 27.8 Å². The van der Waals surface area contributed by atoms with Gasteiger partial charge in [0, 0.05) is 23.6 Å². The average molecular weight is 240 g/mol. The van der Waals surface area contributed by atoms with Gasteiger partial charge in [0.05, 0.1) is 19.6 Å². The van der Waals surface area contributed by atoms with E-state index < -0.39 is 0 Å². The number of benzene rings is 1. The lowest BCUT2D eigenvalue weighted by Crippen LogP contribution is -2.19. The van der Waals surface area contributed by atoms with E-state index in [0.29, 0.717) is 0 Å². The second-order valence-corrected chi connectivity index (χ2v) is 4.10. The summed E-state index contributed by atoms with van der Waals surface area (Å²) in [5, 5.41) is 2.10. The van der Waals surface area contributed by atoms with E-state index >= 15 is 0 Å². The molecule has 3 aromatic rings. The maximum Gasteiger partial charge on any atom is 0.211 e. The van der Waals surface area contributed by atoms with Crippen LogP contribution >= 0.6 is 0 Å². The summed E-state index contributed by atoms with van der Waals surface area (Å²) in [5.41, 5.74) is 1.12. The van der Waals surface area contributed by atoms with E-state index in [1.54, 1.807) is 14.2 Å². The van der Waals surface area contributed by atoms with Gasteiger partial charge >= 0.3 is 0 Å². The van der Waals surface area contributed by atoms with Crippen LogP contribution in [0.15, 0.2) is 48.8 Å². The highest BCUT2D eigenvalue weighted by Gasteiger charge is 2.12. The van der Waals surface area contributed by atoms with Gasteiger partial charge in [0.25, 0.3) is 0 Å². The van der Waals surface area contributed by atoms with Crippen LogP contribution in [0.3, 0.4) is 0 Å². The van der Waals surface area contributed by atoms with Gasteiger partial charge in [0.2, 0.25) is 5.52 Å². The molecule has 1 aromatic carbocycles. The summed E-state index contributed by atoms with van der Waals surface area (Å²) in [7, 11) is 3.37. The third-order valence-corrected chi connectivity index (χ3v) is 3.13. The second kappa shape index (κ2) is 4.18. The lowest BCUT2D eigenvalue weighted by molar-refractivity contribution is -0.510. The highest BCUT2D eigenvalue weighted by Crippen LogP contribution is 2.32. The van der Waals surface area contributed by atoms with Crippen LogP contribution in [0, 0.1) is 0 Å². The molecule has 0 atom stereocenters. The standard InChI is InChI=1S/C15H14NO2/c1-17-14-6-7-15(18-2)13-10-16-8-4-3-5-11(16)9-12(13)14/h3-10H,1-2H3/q+1. The van der Waals surface area contributed by atoms with E-state index in [-0.39, 0.29) is 0 Å². The number of ether oxygens (including phenoxy) is 2. The third-order valence-electron chi connectivity index (χ3n) is 3.13. The summed E-state index contributed by atoms with van der Waals surface area (Å²) in [6.45, 7) is 0. The molecule has 0 bridgehead atoms. The van der Waals surface area contributed by atoms with Gasteiger partial charge in [-0.1, -0.05) is 0 Å². The largest absolute Gasteiger partial charge is 0.496 e. The summed E-state index contributed by atoms with van der Waals surface area (Å²) in [6.07, 6.45) is 4.08. The SMILES string of the molecule is COc1ccc(OC)c2c[n+]3ccccc3cc12. The molecule has 0 saturated heterocycles. The average Bonchev–Trinajstić information content (AvgIpc) is 2.44. The number of rotatable bonds is 2. The molecule has 0 aliphatic heterocycles. The fraction of sp³-hybridized carbons (Fsp3) is 0.133. The van der Waals surface area contributed by atoms with Crippen LogP contribution in [-0.2, 0) is 0 Å². The van der Waals surface area contributed by atoms with Gasteiger partial charge in [-0.3, -0.25) is 0 Å². The van der Waals surface area contributed by atoms with Gasteiger partial charge in [-0.2, -0.15) is 4.40 Å². The summed E-state index contributed by atoms with van der Waals surface area (Å²) < 4.78 is 12.9. The van der Waals surface area contributed by atoms with E-state index in [1.807, 2.05) is 30.5 Å². The van der Waals surface area contributed by atoms with Gasteiger partial charge in [-0.25, -0.2) is 0 Å². The lowest BCUT2D eigenvalue weighted by atomic mass is 10.1. The van der Waals surface area contributed by atoms with Crippen molar-refractivity contribution in [2.24, 2.45) is 0 Å². The fourth-order valence-corrected chi connectivity index (χ4v) is 2.23. The number of pyridine rings is 2. The number of hydrogen-bond donors (Lipinski definition) is 0. The van der Waals surface area contributed by atoms with Gasteiger partial charge in [-0.15, -0.1) is 0 Å². The van der Waals surface area contributed by atoms with Crippen LogP contribution in [0.4, 0.5) is 0 Å². The molecular weight excluding hydrogens is 226 g/mol. The molecule has 3 nitrogen and oxygen atoms in total. The molecule has 90 valence electrons. The molecule has 0 aliphatic carbocycles. The lowest BCUT2D eigenvalue weighted by Gasteiger charge is -2.08. The maximum atomic E-state index is 5.41. The topological polar surface area (TPSA) is 22.6 Å². The van der Waals surface area contributed by atoms with Crippen molar-refractivity contribution in [3.8, 4) is 11.5 Å². The Morgan fingerprint density at radius 3 is 2.33 bits per heavy atom. The molecule has 0 spiro atoms. The third kappa shape index (κ3) is 1.56. The smallest absolute Gasteiger partial charge is 0.211 e. The zero-order valence-electron chi connectivity index (χ0n) is 10.4. The maximum absolute atomic E-state index is 5.41. The number of fused-ring (bicyclic) bond motifs is 2.